The molecule has 2 heterocycles. The molecule has 32 heavy (non-hydrogen) atoms. The first-order valence-corrected chi connectivity index (χ1v) is 10.2. The van der Waals surface area contributed by atoms with Crippen LogP contribution in [0.15, 0.2) is 48.7 Å². The molecule has 0 unspecified atom stereocenters. The largest absolute Gasteiger partial charge is 0.376 e. The molecule has 6 nitrogen and oxygen atoms in total. The van der Waals surface area contributed by atoms with Crippen molar-refractivity contribution < 1.29 is 23.0 Å². The lowest BCUT2D eigenvalue weighted by molar-refractivity contribution is -0.0947. The lowest BCUT2D eigenvalue weighted by Gasteiger charge is -2.23. The highest BCUT2D eigenvalue weighted by molar-refractivity contribution is 6.34. The number of amides is 1. The first-order chi connectivity index (χ1) is 15.5. The maximum absolute atomic E-state index is 14.6. The van der Waals surface area contributed by atoms with Crippen LogP contribution in [-0.4, -0.2) is 41.6 Å². The second kappa shape index (κ2) is 9.92. The molecule has 9 heteroatoms. The van der Waals surface area contributed by atoms with Crippen molar-refractivity contribution in [1.82, 2.24) is 9.78 Å². The summed E-state index contributed by atoms with van der Waals surface area (Å²) in [7, 11) is 0. The van der Waals surface area contributed by atoms with Crippen molar-refractivity contribution in [2.45, 2.75) is 12.6 Å². The summed E-state index contributed by atoms with van der Waals surface area (Å²) in [5, 5.41) is 6.36. The Balaban J connectivity index is 1.53. The molecular weight excluding hydrogens is 440 g/mol. The van der Waals surface area contributed by atoms with E-state index in [9.17, 15) is 13.6 Å². The van der Waals surface area contributed by atoms with Gasteiger partial charge < -0.3 is 14.8 Å². The van der Waals surface area contributed by atoms with E-state index in [1.807, 2.05) is 18.2 Å². The van der Waals surface area contributed by atoms with Gasteiger partial charge in [-0.2, -0.15) is 5.10 Å². The number of nitrogens with zero attached hydrogens (tertiary/aromatic N) is 2. The lowest BCUT2D eigenvalue weighted by atomic mass is 10.1. The van der Waals surface area contributed by atoms with Gasteiger partial charge in [0, 0.05) is 11.1 Å². The fraction of sp³-hybridized carbons (Fsp3) is 0.217. The van der Waals surface area contributed by atoms with Crippen molar-refractivity contribution in [2.24, 2.45) is 0 Å². The summed E-state index contributed by atoms with van der Waals surface area (Å²) < 4.78 is 41.4. The molecule has 1 saturated heterocycles. The van der Waals surface area contributed by atoms with E-state index in [1.54, 1.807) is 12.1 Å². The molecule has 3 aromatic rings. The minimum Gasteiger partial charge on any atom is -0.376 e. The van der Waals surface area contributed by atoms with E-state index in [4.69, 9.17) is 21.1 Å². The summed E-state index contributed by atoms with van der Waals surface area (Å²) in [4.78, 5) is 12.8. The third-order valence-electron chi connectivity index (χ3n) is 4.68. The molecule has 1 atom stereocenters. The number of carbonyl (C=O) groups is 1. The number of rotatable bonds is 4. The molecule has 0 aliphatic carbocycles. The molecule has 1 aliphatic heterocycles. The topological polar surface area (TPSA) is 65.4 Å². The Bertz CT molecular complexity index is 1160. The molecule has 1 amide bonds. The zero-order valence-electron chi connectivity index (χ0n) is 16.8. The summed E-state index contributed by atoms with van der Waals surface area (Å²) in [6, 6.07) is 11.1. The average molecular weight is 458 g/mol. The normalized spacial score (nSPS) is 15.7. The number of benzene rings is 2. The number of ether oxygens (including phenoxy) is 2. The third kappa shape index (κ3) is 5.14. The van der Waals surface area contributed by atoms with Crippen molar-refractivity contribution in [1.29, 1.82) is 0 Å². The molecule has 4 rings (SSSR count). The van der Waals surface area contributed by atoms with Crippen LogP contribution >= 0.6 is 11.6 Å². The van der Waals surface area contributed by atoms with Crippen molar-refractivity contribution in [3.8, 4) is 11.8 Å². The van der Waals surface area contributed by atoms with E-state index in [2.05, 4.69) is 22.3 Å². The van der Waals surface area contributed by atoms with E-state index in [0.29, 0.717) is 25.4 Å². The lowest BCUT2D eigenvalue weighted by Crippen LogP contribution is -2.34. The average Bonchev–Trinajstić information content (AvgIpc) is 3.16. The van der Waals surface area contributed by atoms with Gasteiger partial charge in [0.25, 0.3) is 5.91 Å². The maximum Gasteiger partial charge on any atom is 0.275 e. The molecule has 0 saturated carbocycles. The third-order valence-corrected chi connectivity index (χ3v) is 4.95. The summed E-state index contributed by atoms with van der Waals surface area (Å²) in [6.45, 7) is 1.47. The Kier molecular flexibility index (Phi) is 6.81. The SMILES string of the molecule is O=C(Nc1c(F)cc(C#Cc2ccccc2)cc1F)c1c(Cl)cnn1C[C@H]1COCCO1. The minimum atomic E-state index is -0.957. The van der Waals surface area contributed by atoms with E-state index >= 15 is 0 Å². The van der Waals surface area contributed by atoms with Crippen molar-refractivity contribution in [3.05, 3.63) is 82.1 Å². The summed E-state index contributed by atoms with van der Waals surface area (Å²) in [5.74, 6) is 2.83. The molecule has 164 valence electrons. The van der Waals surface area contributed by atoms with Crippen molar-refractivity contribution >= 4 is 23.2 Å². The molecule has 0 radical (unpaired) electrons. The Morgan fingerprint density at radius 2 is 1.88 bits per heavy atom. The number of hydrogen-bond acceptors (Lipinski definition) is 4. The second-order valence-corrected chi connectivity index (χ2v) is 7.38. The van der Waals surface area contributed by atoms with Gasteiger partial charge in [-0.15, -0.1) is 0 Å². The Morgan fingerprint density at radius 3 is 2.56 bits per heavy atom. The van der Waals surface area contributed by atoms with E-state index in [0.717, 1.165) is 12.1 Å². The van der Waals surface area contributed by atoms with E-state index in [1.165, 1.54) is 10.9 Å². The van der Waals surface area contributed by atoms with Gasteiger partial charge in [0.2, 0.25) is 0 Å². The first-order valence-electron chi connectivity index (χ1n) is 9.79. The predicted octanol–water partition coefficient (Wildman–Crippen LogP) is 3.88. The van der Waals surface area contributed by atoms with Gasteiger partial charge in [-0.3, -0.25) is 9.48 Å². The highest BCUT2D eigenvalue weighted by Gasteiger charge is 2.24. The van der Waals surface area contributed by atoms with Gasteiger partial charge >= 0.3 is 0 Å². The molecule has 1 aliphatic rings. The van der Waals surface area contributed by atoms with Crippen LogP contribution in [0.4, 0.5) is 14.5 Å². The van der Waals surface area contributed by atoms with Crippen molar-refractivity contribution in [2.75, 3.05) is 25.1 Å². The number of anilines is 1. The first kappa shape index (κ1) is 22.0. The molecular formula is C23H18ClF2N3O3. The van der Waals surface area contributed by atoms with Gasteiger partial charge in [0.15, 0.2) is 11.6 Å². The van der Waals surface area contributed by atoms with Gasteiger partial charge in [-0.25, -0.2) is 8.78 Å². The Morgan fingerprint density at radius 1 is 1.16 bits per heavy atom. The van der Waals surface area contributed by atoms with Gasteiger partial charge in [0.1, 0.15) is 17.5 Å². The number of nitrogens with one attached hydrogen (secondary N) is 1. The summed E-state index contributed by atoms with van der Waals surface area (Å²) in [5.41, 5.74) is 0.217. The minimum absolute atomic E-state index is 0.0346. The van der Waals surface area contributed by atoms with Crippen LogP contribution in [0.5, 0.6) is 0 Å². The van der Waals surface area contributed by atoms with Gasteiger partial charge in [-0.05, 0) is 24.3 Å². The van der Waals surface area contributed by atoms with Crippen LogP contribution in [0.2, 0.25) is 5.02 Å². The van der Waals surface area contributed by atoms with Crippen LogP contribution in [-0.2, 0) is 16.0 Å². The molecule has 1 aromatic heterocycles. The molecule has 0 bridgehead atoms. The number of halogens is 3. The van der Waals surface area contributed by atoms with E-state index < -0.39 is 23.2 Å². The van der Waals surface area contributed by atoms with Crippen LogP contribution in [0.1, 0.15) is 21.6 Å². The number of carbonyl (C=O) groups excluding carboxylic acids is 1. The van der Waals surface area contributed by atoms with Gasteiger partial charge in [0.05, 0.1) is 37.6 Å². The summed E-state index contributed by atoms with van der Waals surface area (Å²) >= 11 is 6.11. The van der Waals surface area contributed by atoms with Crippen LogP contribution in [0.25, 0.3) is 0 Å². The van der Waals surface area contributed by atoms with Crippen LogP contribution in [0.3, 0.4) is 0 Å². The van der Waals surface area contributed by atoms with Crippen LogP contribution in [0, 0.1) is 23.5 Å². The zero-order chi connectivity index (χ0) is 22.5. The molecule has 1 N–H and O–H groups in total. The molecule has 2 aromatic carbocycles. The van der Waals surface area contributed by atoms with Gasteiger partial charge in [-0.1, -0.05) is 41.6 Å². The fourth-order valence-electron chi connectivity index (χ4n) is 3.16. The zero-order valence-corrected chi connectivity index (χ0v) is 17.5. The molecule has 0 spiro atoms. The smallest absolute Gasteiger partial charge is 0.275 e. The quantitative estimate of drug-likeness (QED) is 0.604. The Labute approximate surface area is 188 Å². The molecule has 1 fully saturated rings. The summed E-state index contributed by atoms with van der Waals surface area (Å²) in [6.07, 6.45) is 0.969. The highest BCUT2D eigenvalue weighted by atomic mass is 35.5. The highest BCUT2D eigenvalue weighted by Crippen LogP contribution is 2.24. The predicted molar refractivity (Wildman–Crippen MR) is 115 cm³/mol. The van der Waals surface area contributed by atoms with E-state index in [-0.39, 0.29) is 28.9 Å². The Hall–Kier alpha value is -3.25. The van der Waals surface area contributed by atoms with Crippen LogP contribution < -0.4 is 5.32 Å². The fourth-order valence-corrected chi connectivity index (χ4v) is 3.39. The monoisotopic (exact) mass is 457 g/mol. The second-order valence-electron chi connectivity index (χ2n) is 6.98. The maximum atomic E-state index is 14.6. The number of aromatic nitrogens is 2. The number of hydrogen-bond donors (Lipinski definition) is 1. The standard InChI is InChI=1S/C23H18ClF2N3O3/c24-18-12-27-29(13-17-14-31-8-9-32-17)22(18)23(30)28-21-19(25)10-16(11-20(21)26)7-6-15-4-2-1-3-5-15/h1-5,10-12,17H,8-9,13-14H2,(H,28,30)/t17-/m0/s1. The van der Waals surface area contributed by atoms with Crippen molar-refractivity contribution in [3.63, 3.8) is 0 Å².